The van der Waals surface area contributed by atoms with Crippen LogP contribution in [0.3, 0.4) is 0 Å². The van der Waals surface area contributed by atoms with Crippen LogP contribution in [0.1, 0.15) is 34.8 Å². The van der Waals surface area contributed by atoms with E-state index < -0.39 is 0 Å². The second-order valence-electron chi connectivity index (χ2n) is 12.4. The van der Waals surface area contributed by atoms with Gasteiger partial charge < -0.3 is 15.1 Å². The Labute approximate surface area is 281 Å². The van der Waals surface area contributed by atoms with Crippen LogP contribution in [0.4, 0.5) is 0 Å². The van der Waals surface area contributed by atoms with E-state index >= 15 is 0 Å². The molecular formula is C42H30N4OS. The van der Waals surface area contributed by atoms with E-state index in [0.717, 1.165) is 50.4 Å². The molecule has 2 aliphatic rings. The van der Waals surface area contributed by atoms with E-state index in [2.05, 4.69) is 143 Å². The second kappa shape index (κ2) is 10.9. The van der Waals surface area contributed by atoms with Gasteiger partial charge in [0.05, 0.1) is 6.54 Å². The molecule has 3 N–H and O–H groups in total. The normalized spacial score (nSPS) is 17.6. The number of hydrogen-bond donors (Lipinski definition) is 3. The Morgan fingerprint density at radius 3 is 2.38 bits per heavy atom. The van der Waals surface area contributed by atoms with Gasteiger partial charge in [0, 0.05) is 42.9 Å². The van der Waals surface area contributed by atoms with Crippen LogP contribution >= 0.6 is 11.3 Å². The summed E-state index contributed by atoms with van der Waals surface area (Å²) >= 11 is 1.87. The lowest BCUT2D eigenvalue weighted by molar-refractivity contribution is 0.410. The molecule has 4 heterocycles. The predicted molar refractivity (Wildman–Crippen MR) is 199 cm³/mol. The summed E-state index contributed by atoms with van der Waals surface area (Å²) in [5.74, 6) is 1.75. The zero-order chi connectivity index (χ0) is 31.6. The van der Waals surface area contributed by atoms with Crippen LogP contribution in [-0.2, 0) is 6.54 Å². The summed E-state index contributed by atoms with van der Waals surface area (Å²) in [5, 5.41) is 17.2. The Kier molecular flexibility index (Phi) is 6.25. The van der Waals surface area contributed by atoms with Crippen molar-refractivity contribution in [3.8, 4) is 11.1 Å². The maximum atomic E-state index is 6.63. The monoisotopic (exact) mass is 638 g/mol. The van der Waals surface area contributed by atoms with Crippen molar-refractivity contribution < 1.29 is 4.42 Å². The molecule has 2 atom stereocenters. The van der Waals surface area contributed by atoms with Crippen molar-refractivity contribution in [2.45, 2.75) is 18.9 Å². The third kappa shape index (κ3) is 4.38. The van der Waals surface area contributed by atoms with E-state index in [9.17, 15) is 0 Å². The van der Waals surface area contributed by atoms with Crippen molar-refractivity contribution in [1.29, 1.82) is 0 Å². The number of furan rings is 1. The standard InChI is InChI=1S/C42H30N4OS/c1-3-11-26(12-4-1)40-44-41(27-13-5-2-6-14-27)46-42(45-40)33-23-43-24-35-37(33)31-20-18-28(22-34(31)47-35)30-16-9-17-32-38-29-15-8-7-10-25(29)19-21-36(38)48-39(30)32/h1-23,40-41,43-44H,24H2,(H,45,46). The molecule has 0 fully saturated rings. The average molecular weight is 639 g/mol. The van der Waals surface area contributed by atoms with Gasteiger partial charge in [0.25, 0.3) is 0 Å². The number of nitrogens with one attached hydrogen (secondary N) is 3. The van der Waals surface area contributed by atoms with Gasteiger partial charge in [-0.1, -0.05) is 115 Å². The Hall–Kier alpha value is -5.69. The third-order valence-corrected chi connectivity index (χ3v) is 10.8. The molecule has 48 heavy (non-hydrogen) atoms. The Balaban J connectivity index is 1.08. The van der Waals surface area contributed by atoms with Gasteiger partial charge in [0.2, 0.25) is 0 Å². The molecule has 8 aromatic rings. The summed E-state index contributed by atoms with van der Waals surface area (Å²) in [6.45, 7) is 0.623. The zero-order valence-corrected chi connectivity index (χ0v) is 26.7. The van der Waals surface area contributed by atoms with Crippen LogP contribution < -0.4 is 16.0 Å². The second-order valence-corrected chi connectivity index (χ2v) is 13.5. The van der Waals surface area contributed by atoms with Gasteiger partial charge in [-0.3, -0.25) is 5.32 Å². The van der Waals surface area contributed by atoms with Gasteiger partial charge in [-0.25, -0.2) is 4.99 Å². The van der Waals surface area contributed by atoms with Crippen LogP contribution in [0.25, 0.3) is 58.6 Å². The zero-order valence-electron chi connectivity index (χ0n) is 25.9. The van der Waals surface area contributed by atoms with Crippen molar-refractivity contribution in [2.24, 2.45) is 4.99 Å². The fraction of sp³-hybridized carbons (Fsp3) is 0.0714. The summed E-state index contributed by atoms with van der Waals surface area (Å²) in [4.78, 5) is 5.22. The van der Waals surface area contributed by atoms with E-state index in [4.69, 9.17) is 9.41 Å². The van der Waals surface area contributed by atoms with E-state index in [1.165, 1.54) is 36.5 Å². The highest BCUT2D eigenvalue weighted by Gasteiger charge is 2.31. The first-order valence-electron chi connectivity index (χ1n) is 16.3. The van der Waals surface area contributed by atoms with E-state index in [1.807, 2.05) is 23.5 Å². The van der Waals surface area contributed by atoms with E-state index in [0.29, 0.717) is 6.54 Å². The van der Waals surface area contributed by atoms with Crippen LogP contribution in [-0.4, -0.2) is 5.84 Å². The Bertz CT molecular complexity index is 2580. The molecule has 0 radical (unpaired) electrons. The summed E-state index contributed by atoms with van der Waals surface area (Å²) in [6.07, 6.45) is 1.76. The van der Waals surface area contributed by atoms with Gasteiger partial charge in [-0.2, -0.15) is 0 Å². The lowest BCUT2D eigenvalue weighted by atomic mass is 9.96. The minimum Gasteiger partial charge on any atom is -0.458 e. The highest BCUT2D eigenvalue weighted by Crippen LogP contribution is 2.44. The molecule has 2 unspecified atom stereocenters. The first-order chi connectivity index (χ1) is 23.8. The van der Waals surface area contributed by atoms with Gasteiger partial charge in [-0.05, 0) is 51.2 Å². The Morgan fingerprint density at radius 2 is 1.50 bits per heavy atom. The summed E-state index contributed by atoms with van der Waals surface area (Å²) < 4.78 is 9.24. The van der Waals surface area contributed by atoms with Crippen LogP contribution in [0.5, 0.6) is 0 Å². The smallest absolute Gasteiger partial charge is 0.135 e. The number of aliphatic imine (C=N–C) groups is 1. The number of rotatable bonds is 4. The molecule has 6 heteroatoms. The quantitative estimate of drug-likeness (QED) is 0.180. The number of thiophene rings is 1. The SMILES string of the molecule is C1=C(C2=NC(c3ccccc3)NC(c3ccccc3)N2)c2c(oc3cc(-c4cccc5c4sc4ccc6ccccc6c45)ccc23)CN1. The molecule has 0 aliphatic carbocycles. The van der Waals surface area contributed by atoms with Crippen molar-refractivity contribution >= 4 is 64.7 Å². The summed E-state index contributed by atoms with van der Waals surface area (Å²) in [7, 11) is 0. The number of hydrogen-bond acceptors (Lipinski definition) is 6. The van der Waals surface area contributed by atoms with Crippen molar-refractivity contribution in [1.82, 2.24) is 16.0 Å². The van der Waals surface area contributed by atoms with Gasteiger partial charge in [0.15, 0.2) is 0 Å². The largest absolute Gasteiger partial charge is 0.458 e. The third-order valence-electron chi connectivity index (χ3n) is 9.61. The van der Waals surface area contributed by atoms with Gasteiger partial charge >= 0.3 is 0 Å². The Morgan fingerprint density at radius 1 is 0.708 bits per heavy atom. The molecule has 0 bridgehead atoms. The minimum absolute atomic E-state index is 0.112. The van der Waals surface area contributed by atoms with E-state index in [-0.39, 0.29) is 12.3 Å². The average Bonchev–Trinajstić information content (AvgIpc) is 3.74. The highest BCUT2D eigenvalue weighted by atomic mass is 32.1. The van der Waals surface area contributed by atoms with E-state index in [1.54, 1.807) is 0 Å². The molecule has 0 amide bonds. The highest BCUT2D eigenvalue weighted by molar-refractivity contribution is 7.26. The number of benzene rings is 6. The van der Waals surface area contributed by atoms with Crippen molar-refractivity contribution in [3.05, 3.63) is 162 Å². The van der Waals surface area contributed by atoms with Crippen molar-refractivity contribution in [3.63, 3.8) is 0 Å². The molecule has 5 nitrogen and oxygen atoms in total. The van der Waals surface area contributed by atoms with Crippen LogP contribution in [0.2, 0.25) is 0 Å². The fourth-order valence-electron chi connectivity index (χ4n) is 7.35. The maximum absolute atomic E-state index is 6.63. The minimum atomic E-state index is -0.206. The first-order valence-corrected chi connectivity index (χ1v) is 17.1. The molecule has 2 aliphatic heterocycles. The van der Waals surface area contributed by atoms with Crippen molar-refractivity contribution in [2.75, 3.05) is 0 Å². The number of nitrogens with zero attached hydrogens (tertiary/aromatic N) is 1. The fourth-order valence-corrected chi connectivity index (χ4v) is 8.61. The first kappa shape index (κ1) is 27.4. The lowest BCUT2D eigenvalue weighted by Gasteiger charge is -2.33. The maximum Gasteiger partial charge on any atom is 0.135 e. The topological polar surface area (TPSA) is 61.6 Å². The molecule has 0 spiro atoms. The summed E-state index contributed by atoms with van der Waals surface area (Å²) in [6, 6.07) is 47.4. The molecule has 10 rings (SSSR count). The predicted octanol–water partition coefficient (Wildman–Crippen LogP) is 10.1. The molecule has 2 aromatic heterocycles. The number of fused-ring (bicyclic) bond motifs is 8. The molecular weight excluding hydrogens is 609 g/mol. The van der Waals surface area contributed by atoms with Gasteiger partial charge in [-0.15, -0.1) is 11.3 Å². The summed E-state index contributed by atoms with van der Waals surface area (Å²) in [5.41, 5.74) is 7.62. The van der Waals surface area contributed by atoms with Gasteiger partial charge in [0.1, 0.15) is 29.5 Å². The molecule has 6 aromatic carbocycles. The molecule has 0 saturated carbocycles. The lowest BCUT2D eigenvalue weighted by Crippen LogP contribution is -2.45. The molecule has 230 valence electrons. The van der Waals surface area contributed by atoms with Crippen LogP contribution in [0, 0.1) is 0 Å². The van der Waals surface area contributed by atoms with Crippen LogP contribution in [0.15, 0.2) is 149 Å². The molecule has 0 saturated heterocycles. The number of amidine groups is 1.